The lowest BCUT2D eigenvalue weighted by Crippen LogP contribution is -2.44. The summed E-state index contributed by atoms with van der Waals surface area (Å²) in [4.78, 5) is 26.9. The van der Waals surface area contributed by atoms with E-state index in [1.807, 2.05) is 36.1 Å². The third kappa shape index (κ3) is 4.05. The van der Waals surface area contributed by atoms with Crippen LogP contribution in [0, 0.1) is 12.8 Å². The molecule has 1 saturated heterocycles. The molecule has 1 amide bonds. The van der Waals surface area contributed by atoms with E-state index < -0.39 is 0 Å². The fourth-order valence-electron chi connectivity index (χ4n) is 4.73. The van der Waals surface area contributed by atoms with Crippen LogP contribution in [-0.4, -0.2) is 47.0 Å². The highest BCUT2D eigenvalue weighted by Gasteiger charge is 2.30. The summed E-state index contributed by atoms with van der Waals surface area (Å²) in [6, 6.07) is 18.6. The van der Waals surface area contributed by atoms with E-state index in [0.29, 0.717) is 5.91 Å². The zero-order valence-corrected chi connectivity index (χ0v) is 18.0. The maximum absolute atomic E-state index is 13.1. The third-order valence-electron chi connectivity index (χ3n) is 6.57. The number of benzene rings is 2. The van der Waals surface area contributed by atoms with Crippen LogP contribution < -0.4 is 4.90 Å². The molecule has 1 fully saturated rings. The average Bonchev–Trinajstić information content (AvgIpc) is 2.84. The van der Waals surface area contributed by atoms with Gasteiger partial charge in [0.15, 0.2) is 0 Å². The molecule has 0 spiro atoms. The summed E-state index contributed by atoms with van der Waals surface area (Å²) in [5.41, 5.74) is 4.61. The number of nitrogens with zero attached hydrogens (tertiary/aromatic N) is 4. The number of amides is 1. The van der Waals surface area contributed by atoms with Crippen molar-refractivity contribution in [1.82, 2.24) is 14.9 Å². The topological polar surface area (TPSA) is 49.3 Å². The first-order chi connectivity index (χ1) is 15.2. The molecule has 2 aromatic carbocycles. The van der Waals surface area contributed by atoms with Crippen LogP contribution in [0.4, 0.5) is 5.95 Å². The van der Waals surface area contributed by atoms with Gasteiger partial charge in [-0.2, -0.15) is 0 Å². The van der Waals surface area contributed by atoms with Crippen LogP contribution in [0.3, 0.4) is 0 Å². The maximum atomic E-state index is 13.1. The van der Waals surface area contributed by atoms with Gasteiger partial charge in [0.05, 0.1) is 11.2 Å². The molecule has 0 atom stereocenters. The van der Waals surface area contributed by atoms with Gasteiger partial charge >= 0.3 is 0 Å². The smallest absolute Gasteiger partial charge is 0.226 e. The molecule has 158 valence electrons. The van der Waals surface area contributed by atoms with Crippen molar-refractivity contribution in [3.63, 3.8) is 0 Å². The Morgan fingerprint density at radius 1 is 0.935 bits per heavy atom. The molecule has 0 bridgehead atoms. The van der Waals surface area contributed by atoms with Crippen molar-refractivity contribution in [2.45, 2.75) is 26.2 Å². The number of aromatic nitrogens is 2. The predicted molar refractivity (Wildman–Crippen MR) is 125 cm³/mol. The van der Waals surface area contributed by atoms with Gasteiger partial charge in [0, 0.05) is 37.5 Å². The third-order valence-corrected chi connectivity index (χ3v) is 6.57. The first-order valence-corrected chi connectivity index (χ1v) is 11.2. The van der Waals surface area contributed by atoms with Crippen molar-refractivity contribution in [1.29, 1.82) is 0 Å². The number of rotatable bonds is 3. The summed E-state index contributed by atoms with van der Waals surface area (Å²) in [6.07, 6.45) is 4.87. The lowest BCUT2D eigenvalue weighted by Gasteiger charge is -2.35. The van der Waals surface area contributed by atoms with Gasteiger partial charge in [0.2, 0.25) is 11.9 Å². The summed E-state index contributed by atoms with van der Waals surface area (Å²) in [7, 11) is 0. The van der Waals surface area contributed by atoms with Crippen LogP contribution in [-0.2, 0) is 4.79 Å². The molecule has 3 aromatic rings. The number of hydrogen-bond donors (Lipinski definition) is 0. The van der Waals surface area contributed by atoms with Gasteiger partial charge in [0.1, 0.15) is 0 Å². The lowest BCUT2D eigenvalue weighted by molar-refractivity contribution is -0.135. The molecule has 2 aliphatic heterocycles. The standard InChI is InChI=1S/C26H28N4O/c1-19-23-9-5-6-10-24(23)28-26(27-19)30-17-13-22(14-18-30)25(31)29-15-11-21(12-16-29)20-7-3-2-4-8-20/h2-11,22H,12-18H2,1H3. The second kappa shape index (κ2) is 8.50. The summed E-state index contributed by atoms with van der Waals surface area (Å²) in [6.45, 7) is 5.22. The zero-order chi connectivity index (χ0) is 21.2. The van der Waals surface area contributed by atoms with E-state index in [1.54, 1.807) is 0 Å². The average molecular weight is 413 g/mol. The molecule has 2 aliphatic rings. The summed E-state index contributed by atoms with van der Waals surface area (Å²) >= 11 is 0. The highest BCUT2D eigenvalue weighted by molar-refractivity contribution is 5.82. The van der Waals surface area contributed by atoms with Gasteiger partial charge in [-0.1, -0.05) is 54.6 Å². The Kier molecular flexibility index (Phi) is 5.41. The zero-order valence-electron chi connectivity index (χ0n) is 18.0. The molecule has 0 N–H and O–H groups in total. The van der Waals surface area contributed by atoms with E-state index in [4.69, 9.17) is 9.97 Å². The van der Waals surface area contributed by atoms with E-state index in [2.05, 4.69) is 41.3 Å². The molecule has 0 radical (unpaired) electrons. The van der Waals surface area contributed by atoms with E-state index in [-0.39, 0.29) is 5.92 Å². The summed E-state index contributed by atoms with van der Waals surface area (Å²) in [5.74, 6) is 1.19. The molecule has 3 heterocycles. The Bertz CT molecular complexity index is 1120. The van der Waals surface area contributed by atoms with Gasteiger partial charge in [-0.25, -0.2) is 9.97 Å². The molecule has 1 aromatic heterocycles. The SMILES string of the molecule is Cc1nc(N2CCC(C(=O)N3CC=C(c4ccccc4)CC3)CC2)nc2ccccc12. The number of aryl methyl sites for hydroxylation is 1. The van der Waals surface area contributed by atoms with Crippen molar-refractivity contribution in [2.24, 2.45) is 5.92 Å². The summed E-state index contributed by atoms with van der Waals surface area (Å²) in [5, 5.41) is 1.10. The monoisotopic (exact) mass is 412 g/mol. The molecule has 0 unspecified atom stereocenters. The van der Waals surface area contributed by atoms with Gasteiger partial charge in [0.25, 0.3) is 0 Å². The molecule has 0 saturated carbocycles. The minimum Gasteiger partial charge on any atom is -0.341 e. The largest absolute Gasteiger partial charge is 0.341 e. The number of para-hydroxylation sites is 1. The number of piperidine rings is 1. The van der Waals surface area contributed by atoms with E-state index in [1.165, 1.54) is 11.1 Å². The Hall–Kier alpha value is -3.21. The van der Waals surface area contributed by atoms with Gasteiger partial charge in [-0.3, -0.25) is 4.79 Å². The van der Waals surface area contributed by atoms with Gasteiger partial charge < -0.3 is 9.80 Å². The second-order valence-electron chi connectivity index (χ2n) is 8.52. The van der Waals surface area contributed by atoms with Crippen molar-refractivity contribution >= 4 is 28.3 Å². The van der Waals surface area contributed by atoms with Crippen molar-refractivity contribution in [3.05, 3.63) is 71.9 Å². The quantitative estimate of drug-likeness (QED) is 0.637. The maximum Gasteiger partial charge on any atom is 0.226 e. The normalized spacial score (nSPS) is 17.6. The first-order valence-electron chi connectivity index (χ1n) is 11.2. The molecular formula is C26H28N4O. The number of carbonyl (C=O) groups excluding carboxylic acids is 1. The fourth-order valence-corrected chi connectivity index (χ4v) is 4.73. The molecular weight excluding hydrogens is 384 g/mol. The highest BCUT2D eigenvalue weighted by atomic mass is 16.2. The van der Waals surface area contributed by atoms with Crippen LogP contribution in [0.15, 0.2) is 60.7 Å². The lowest BCUT2D eigenvalue weighted by atomic mass is 9.93. The predicted octanol–water partition coefficient (Wildman–Crippen LogP) is 4.47. The Balaban J connectivity index is 1.21. The Morgan fingerprint density at radius 3 is 2.42 bits per heavy atom. The van der Waals surface area contributed by atoms with Crippen molar-refractivity contribution in [3.8, 4) is 0 Å². The van der Waals surface area contributed by atoms with Crippen molar-refractivity contribution < 1.29 is 4.79 Å². The van der Waals surface area contributed by atoms with Crippen LogP contribution >= 0.6 is 0 Å². The van der Waals surface area contributed by atoms with E-state index in [0.717, 1.165) is 68.0 Å². The van der Waals surface area contributed by atoms with Crippen LogP contribution in [0.1, 0.15) is 30.5 Å². The highest BCUT2D eigenvalue weighted by Crippen LogP contribution is 2.27. The minimum absolute atomic E-state index is 0.101. The molecule has 5 nitrogen and oxygen atoms in total. The Morgan fingerprint density at radius 2 is 1.68 bits per heavy atom. The van der Waals surface area contributed by atoms with Gasteiger partial charge in [-0.05, 0) is 43.4 Å². The van der Waals surface area contributed by atoms with Crippen LogP contribution in [0.2, 0.25) is 0 Å². The van der Waals surface area contributed by atoms with Crippen LogP contribution in [0.5, 0.6) is 0 Å². The Labute approximate surface area is 183 Å². The number of hydrogen-bond acceptors (Lipinski definition) is 4. The number of anilines is 1. The number of fused-ring (bicyclic) bond motifs is 1. The van der Waals surface area contributed by atoms with Gasteiger partial charge in [-0.15, -0.1) is 0 Å². The molecule has 31 heavy (non-hydrogen) atoms. The number of carbonyl (C=O) groups is 1. The molecule has 5 heteroatoms. The fraction of sp³-hybridized carbons (Fsp3) is 0.346. The van der Waals surface area contributed by atoms with E-state index in [9.17, 15) is 4.79 Å². The van der Waals surface area contributed by atoms with E-state index >= 15 is 0 Å². The molecule has 0 aliphatic carbocycles. The van der Waals surface area contributed by atoms with Crippen LogP contribution in [0.25, 0.3) is 16.5 Å². The second-order valence-corrected chi connectivity index (χ2v) is 8.52. The molecule has 5 rings (SSSR count). The summed E-state index contributed by atoms with van der Waals surface area (Å²) < 4.78 is 0. The first kappa shape index (κ1) is 19.7. The van der Waals surface area contributed by atoms with Crippen molar-refractivity contribution in [2.75, 3.05) is 31.1 Å². The minimum atomic E-state index is 0.101.